The maximum Gasteiger partial charge on any atom is 0.163 e. The van der Waals surface area contributed by atoms with Crippen LogP contribution in [-0.4, -0.2) is 46.9 Å². The molecule has 3 rings (SSSR count). The quantitative estimate of drug-likeness (QED) is 0.488. The molecule has 0 aliphatic carbocycles. The van der Waals surface area contributed by atoms with E-state index in [2.05, 4.69) is 4.90 Å². The number of carbonyl (C=O) groups is 2. The maximum absolute atomic E-state index is 12.1. The lowest BCUT2D eigenvalue weighted by molar-refractivity contribution is -0.121. The first kappa shape index (κ1) is 21.3. The third-order valence-corrected chi connectivity index (χ3v) is 4.92. The van der Waals surface area contributed by atoms with Crippen LogP contribution in [0.1, 0.15) is 29.5 Å². The summed E-state index contributed by atoms with van der Waals surface area (Å²) in [4.78, 5) is 26.4. The molecule has 0 spiro atoms. The van der Waals surface area contributed by atoms with Crippen LogP contribution in [0.5, 0.6) is 17.2 Å². The average Bonchev–Trinajstić information content (AvgIpc) is 2.70. The van der Waals surface area contributed by atoms with Crippen molar-refractivity contribution >= 4 is 23.7 Å². The first-order valence-electron chi connectivity index (χ1n) is 9.77. The van der Waals surface area contributed by atoms with Gasteiger partial charge in [0.05, 0.1) is 13.5 Å². The van der Waals surface area contributed by atoms with Crippen molar-refractivity contribution in [1.82, 2.24) is 4.90 Å². The van der Waals surface area contributed by atoms with Crippen LogP contribution < -0.4 is 4.74 Å². The molecular formula is C24H25NO5. The molecule has 0 bridgehead atoms. The van der Waals surface area contributed by atoms with Gasteiger partial charge < -0.3 is 14.9 Å². The summed E-state index contributed by atoms with van der Waals surface area (Å²) in [5, 5.41) is 19.6. The third kappa shape index (κ3) is 5.81. The van der Waals surface area contributed by atoms with E-state index in [9.17, 15) is 19.8 Å². The third-order valence-electron chi connectivity index (χ3n) is 4.92. The Kier molecular flexibility index (Phi) is 7.03. The van der Waals surface area contributed by atoms with Gasteiger partial charge in [-0.2, -0.15) is 0 Å². The smallest absolute Gasteiger partial charge is 0.163 e. The van der Waals surface area contributed by atoms with Crippen LogP contribution in [0.3, 0.4) is 0 Å². The molecule has 156 valence electrons. The molecule has 0 unspecified atom stereocenters. The van der Waals surface area contributed by atoms with Crippen molar-refractivity contribution in [3.8, 4) is 17.2 Å². The van der Waals surface area contributed by atoms with E-state index in [0.717, 1.165) is 24.2 Å². The summed E-state index contributed by atoms with van der Waals surface area (Å²) in [7, 11) is 1.45. The van der Waals surface area contributed by atoms with Gasteiger partial charge in [0, 0.05) is 12.1 Å². The Morgan fingerprint density at radius 1 is 0.967 bits per heavy atom. The van der Waals surface area contributed by atoms with Gasteiger partial charge in [-0.15, -0.1) is 0 Å². The number of methoxy groups -OCH3 is 1. The number of phenols is 2. The molecule has 1 aliphatic rings. The Bertz CT molecular complexity index is 989. The van der Waals surface area contributed by atoms with Crippen molar-refractivity contribution < 1.29 is 24.5 Å². The molecule has 1 saturated heterocycles. The summed E-state index contributed by atoms with van der Waals surface area (Å²) in [5.41, 5.74) is 2.31. The topological polar surface area (TPSA) is 87.1 Å². The minimum absolute atomic E-state index is 0.0172. The first-order valence-corrected chi connectivity index (χ1v) is 9.77. The highest BCUT2D eigenvalue weighted by atomic mass is 16.5. The Morgan fingerprint density at radius 3 is 2.13 bits per heavy atom. The Balaban J connectivity index is 1.56. The van der Waals surface area contributed by atoms with Crippen LogP contribution in [-0.2, 0) is 16.1 Å². The monoisotopic (exact) mass is 407 g/mol. The predicted molar refractivity (Wildman–Crippen MR) is 115 cm³/mol. The second-order valence-electron chi connectivity index (χ2n) is 7.23. The predicted octanol–water partition coefficient (Wildman–Crippen LogP) is 3.57. The number of aromatic hydroxyl groups is 2. The second kappa shape index (κ2) is 9.89. The molecule has 6 nitrogen and oxygen atoms in total. The second-order valence-corrected chi connectivity index (χ2v) is 7.23. The average molecular weight is 407 g/mol. The lowest BCUT2D eigenvalue weighted by Crippen LogP contribution is -2.36. The molecule has 0 amide bonds. The normalized spacial score (nSPS) is 14.2. The molecule has 0 aromatic heterocycles. The molecule has 2 aromatic carbocycles. The van der Waals surface area contributed by atoms with Crippen molar-refractivity contribution in [2.45, 2.75) is 19.4 Å². The molecule has 1 heterocycles. The number of benzene rings is 2. The summed E-state index contributed by atoms with van der Waals surface area (Å²) in [6.07, 6.45) is 6.89. The zero-order valence-corrected chi connectivity index (χ0v) is 16.9. The van der Waals surface area contributed by atoms with E-state index < -0.39 is 0 Å². The Hall–Kier alpha value is -3.38. The number of ketones is 2. The molecule has 1 aliphatic heterocycles. The molecule has 2 aromatic rings. The molecule has 0 atom stereocenters. The van der Waals surface area contributed by atoms with Crippen LogP contribution in [0.25, 0.3) is 12.2 Å². The van der Waals surface area contributed by atoms with E-state index in [0.29, 0.717) is 17.9 Å². The summed E-state index contributed by atoms with van der Waals surface area (Å²) < 4.78 is 5.03. The molecule has 6 heteroatoms. The van der Waals surface area contributed by atoms with Crippen molar-refractivity contribution in [2.75, 3.05) is 20.2 Å². The van der Waals surface area contributed by atoms with Gasteiger partial charge in [-0.05, 0) is 67.1 Å². The standard InChI is InChI=1S/C24H25NO5/c1-30-24-14-18(6-10-23(24)29)4-8-21(27)15-20(26)7-3-17-5-9-22(28)19(13-17)16-25-11-2-12-25/h3-10,13-14,28-29H,2,11-12,15-16H2,1H3/b7-3+,8-4+. The number of allylic oxidation sites excluding steroid dienone is 2. The van der Waals surface area contributed by atoms with Gasteiger partial charge in [-0.3, -0.25) is 14.5 Å². The molecule has 0 radical (unpaired) electrons. The number of rotatable bonds is 9. The Morgan fingerprint density at radius 2 is 1.57 bits per heavy atom. The number of nitrogens with zero attached hydrogens (tertiary/aromatic N) is 1. The van der Waals surface area contributed by atoms with Gasteiger partial charge in [-0.25, -0.2) is 0 Å². The molecule has 2 N–H and O–H groups in total. The van der Waals surface area contributed by atoms with Crippen molar-refractivity contribution in [1.29, 1.82) is 0 Å². The fourth-order valence-electron chi connectivity index (χ4n) is 3.08. The van der Waals surface area contributed by atoms with E-state index in [1.807, 2.05) is 6.07 Å². The van der Waals surface area contributed by atoms with Crippen LogP contribution in [0.2, 0.25) is 0 Å². The van der Waals surface area contributed by atoms with Crippen LogP contribution in [0.4, 0.5) is 0 Å². The highest BCUT2D eigenvalue weighted by Crippen LogP contribution is 2.27. The van der Waals surface area contributed by atoms with E-state index in [-0.39, 0.29) is 29.5 Å². The first-order chi connectivity index (χ1) is 14.4. The van der Waals surface area contributed by atoms with Gasteiger partial charge in [0.1, 0.15) is 5.75 Å². The molecular weight excluding hydrogens is 382 g/mol. The van der Waals surface area contributed by atoms with Crippen molar-refractivity contribution in [2.24, 2.45) is 0 Å². The van der Waals surface area contributed by atoms with Gasteiger partial charge in [0.15, 0.2) is 23.1 Å². The molecule has 0 saturated carbocycles. The number of hydrogen-bond donors (Lipinski definition) is 2. The van der Waals surface area contributed by atoms with Crippen LogP contribution in [0.15, 0.2) is 48.6 Å². The number of ether oxygens (including phenoxy) is 1. The highest BCUT2D eigenvalue weighted by Gasteiger charge is 2.15. The summed E-state index contributed by atoms with van der Waals surface area (Å²) >= 11 is 0. The number of hydrogen-bond acceptors (Lipinski definition) is 6. The fourth-order valence-corrected chi connectivity index (χ4v) is 3.08. The Labute approximate surface area is 175 Å². The van der Waals surface area contributed by atoms with Crippen molar-refractivity contribution in [3.05, 3.63) is 65.2 Å². The lowest BCUT2D eigenvalue weighted by atomic mass is 10.1. The minimum atomic E-state index is -0.319. The van der Waals surface area contributed by atoms with Gasteiger partial charge in [0.2, 0.25) is 0 Å². The largest absolute Gasteiger partial charge is 0.508 e. The lowest BCUT2D eigenvalue weighted by Gasteiger charge is -2.30. The fraction of sp³-hybridized carbons (Fsp3) is 0.250. The summed E-state index contributed by atoms with van der Waals surface area (Å²) in [6.45, 7) is 2.75. The number of likely N-dealkylation sites (tertiary alicyclic amines) is 1. The van der Waals surface area contributed by atoms with Gasteiger partial charge in [0.25, 0.3) is 0 Å². The molecule has 1 fully saturated rings. The van der Waals surface area contributed by atoms with E-state index in [1.165, 1.54) is 31.7 Å². The van der Waals surface area contributed by atoms with E-state index in [1.54, 1.807) is 36.4 Å². The molecule has 30 heavy (non-hydrogen) atoms. The van der Waals surface area contributed by atoms with Gasteiger partial charge >= 0.3 is 0 Å². The van der Waals surface area contributed by atoms with E-state index in [4.69, 9.17) is 4.74 Å². The number of phenolic OH excluding ortho intramolecular Hbond substituents is 2. The van der Waals surface area contributed by atoms with Crippen LogP contribution >= 0.6 is 0 Å². The highest BCUT2D eigenvalue weighted by molar-refractivity contribution is 6.10. The zero-order valence-electron chi connectivity index (χ0n) is 16.9. The number of carbonyl (C=O) groups excluding carboxylic acids is 2. The summed E-state index contributed by atoms with van der Waals surface area (Å²) in [5.74, 6) is -0.0442. The summed E-state index contributed by atoms with van der Waals surface area (Å²) in [6, 6.07) is 9.94. The maximum atomic E-state index is 12.1. The van der Waals surface area contributed by atoms with Crippen LogP contribution in [0, 0.1) is 0 Å². The minimum Gasteiger partial charge on any atom is -0.508 e. The SMILES string of the molecule is COc1cc(/C=C/C(=O)CC(=O)/C=C/c2ccc(O)c(CN3CCC3)c2)ccc1O. The zero-order chi connectivity index (χ0) is 21.5. The van der Waals surface area contributed by atoms with Crippen molar-refractivity contribution in [3.63, 3.8) is 0 Å². The van der Waals surface area contributed by atoms with E-state index >= 15 is 0 Å². The van der Waals surface area contributed by atoms with Gasteiger partial charge in [-0.1, -0.05) is 24.3 Å².